The minimum absolute atomic E-state index is 0.203. The summed E-state index contributed by atoms with van der Waals surface area (Å²) >= 11 is 0. The van der Waals surface area contributed by atoms with Crippen molar-refractivity contribution in [1.29, 1.82) is 0 Å². The molecule has 0 aliphatic carbocycles. The number of unbranched alkanes of at least 4 members (excludes halogenated alkanes) is 6. The minimum Gasteiger partial charge on any atom is -0.355 e. The topological polar surface area (TPSA) is 41.1 Å². The molecule has 3 nitrogen and oxygen atoms in total. The lowest BCUT2D eigenvalue weighted by Gasteiger charge is -2.09. The summed E-state index contributed by atoms with van der Waals surface area (Å²) in [5, 5.41) is 6.23. The average Bonchev–Trinajstić information content (AvgIpc) is 2.33. The van der Waals surface area contributed by atoms with Gasteiger partial charge in [0, 0.05) is 25.6 Å². The fourth-order valence-electron chi connectivity index (χ4n) is 1.89. The van der Waals surface area contributed by atoms with Crippen molar-refractivity contribution in [2.45, 2.75) is 78.2 Å². The second kappa shape index (κ2) is 12.9. The normalized spacial score (nSPS) is 10.9. The molecule has 0 radical (unpaired) electrons. The van der Waals surface area contributed by atoms with E-state index in [0.29, 0.717) is 12.5 Å². The highest BCUT2D eigenvalue weighted by Crippen LogP contribution is 2.08. The number of nitrogens with one attached hydrogen (secondary N) is 2. The van der Waals surface area contributed by atoms with Gasteiger partial charge in [-0.15, -0.1) is 0 Å². The SMILES string of the molecule is CCCCCCCCCC(=O)NCCNC(C)C. The lowest BCUT2D eigenvalue weighted by molar-refractivity contribution is -0.121. The van der Waals surface area contributed by atoms with Crippen LogP contribution < -0.4 is 10.6 Å². The number of hydrogen-bond donors (Lipinski definition) is 2. The summed E-state index contributed by atoms with van der Waals surface area (Å²) < 4.78 is 0. The Hall–Kier alpha value is -0.570. The highest BCUT2D eigenvalue weighted by atomic mass is 16.1. The maximum Gasteiger partial charge on any atom is 0.220 e. The highest BCUT2D eigenvalue weighted by Gasteiger charge is 2.00. The van der Waals surface area contributed by atoms with Crippen LogP contribution in [0.2, 0.25) is 0 Å². The van der Waals surface area contributed by atoms with Gasteiger partial charge < -0.3 is 10.6 Å². The van der Waals surface area contributed by atoms with Gasteiger partial charge >= 0.3 is 0 Å². The zero-order valence-corrected chi connectivity index (χ0v) is 12.6. The summed E-state index contributed by atoms with van der Waals surface area (Å²) in [6, 6.07) is 0.491. The van der Waals surface area contributed by atoms with E-state index in [4.69, 9.17) is 0 Å². The number of hydrogen-bond acceptors (Lipinski definition) is 2. The molecule has 0 aliphatic heterocycles. The Morgan fingerprint density at radius 2 is 1.56 bits per heavy atom. The van der Waals surface area contributed by atoms with Crippen LogP contribution in [0.3, 0.4) is 0 Å². The predicted molar refractivity (Wildman–Crippen MR) is 78.8 cm³/mol. The van der Waals surface area contributed by atoms with Gasteiger partial charge in [0.05, 0.1) is 0 Å². The van der Waals surface area contributed by atoms with Crippen LogP contribution in [0.15, 0.2) is 0 Å². The van der Waals surface area contributed by atoms with E-state index in [2.05, 4.69) is 31.4 Å². The Kier molecular flexibility index (Phi) is 12.5. The van der Waals surface area contributed by atoms with Crippen LogP contribution in [-0.4, -0.2) is 25.0 Å². The Morgan fingerprint density at radius 3 is 2.17 bits per heavy atom. The van der Waals surface area contributed by atoms with Gasteiger partial charge in [0.25, 0.3) is 0 Å². The van der Waals surface area contributed by atoms with Crippen molar-refractivity contribution < 1.29 is 4.79 Å². The quantitative estimate of drug-likeness (QED) is 0.526. The van der Waals surface area contributed by atoms with Gasteiger partial charge in [-0.2, -0.15) is 0 Å². The number of carbonyl (C=O) groups is 1. The monoisotopic (exact) mass is 256 g/mol. The predicted octanol–water partition coefficient (Wildman–Crippen LogP) is 3.24. The molecule has 0 aliphatic rings. The molecule has 0 unspecified atom stereocenters. The molecular formula is C15H32N2O. The van der Waals surface area contributed by atoms with E-state index in [1.54, 1.807) is 0 Å². The molecule has 0 saturated heterocycles. The van der Waals surface area contributed by atoms with Crippen LogP contribution in [0.5, 0.6) is 0 Å². The molecule has 108 valence electrons. The first-order valence-corrected chi connectivity index (χ1v) is 7.67. The lowest BCUT2D eigenvalue weighted by Crippen LogP contribution is -2.34. The Morgan fingerprint density at radius 1 is 0.944 bits per heavy atom. The van der Waals surface area contributed by atoms with Gasteiger partial charge in [-0.3, -0.25) is 4.79 Å². The zero-order chi connectivity index (χ0) is 13.6. The van der Waals surface area contributed by atoms with Crippen molar-refractivity contribution >= 4 is 5.91 Å². The summed E-state index contributed by atoms with van der Waals surface area (Å²) in [5.74, 6) is 0.203. The van der Waals surface area contributed by atoms with Crippen molar-refractivity contribution in [2.24, 2.45) is 0 Å². The van der Waals surface area contributed by atoms with Crippen LogP contribution in [0.25, 0.3) is 0 Å². The first-order chi connectivity index (χ1) is 8.66. The summed E-state index contributed by atoms with van der Waals surface area (Å²) in [6.45, 7) is 8.06. The summed E-state index contributed by atoms with van der Waals surface area (Å²) in [4.78, 5) is 11.5. The third kappa shape index (κ3) is 13.5. The smallest absolute Gasteiger partial charge is 0.220 e. The average molecular weight is 256 g/mol. The van der Waals surface area contributed by atoms with Crippen molar-refractivity contribution in [3.8, 4) is 0 Å². The Balaban J connectivity index is 3.17. The fourth-order valence-corrected chi connectivity index (χ4v) is 1.89. The van der Waals surface area contributed by atoms with Crippen LogP contribution in [0.1, 0.15) is 72.1 Å². The van der Waals surface area contributed by atoms with E-state index in [0.717, 1.165) is 19.5 Å². The van der Waals surface area contributed by atoms with Gasteiger partial charge in [0.15, 0.2) is 0 Å². The van der Waals surface area contributed by atoms with Crippen molar-refractivity contribution in [3.05, 3.63) is 0 Å². The van der Waals surface area contributed by atoms with Crippen molar-refractivity contribution in [1.82, 2.24) is 10.6 Å². The summed E-state index contributed by atoms with van der Waals surface area (Å²) in [6.07, 6.45) is 9.53. The number of amides is 1. The molecule has 0 aromatic heterocycles. The van der Waals surface area contributed by atoms with E-state index in [1.165, 1.54) is 38.5 Å². The zero-order valence-electron chi connectivity index (χ0n) is 12.6. The van der Waals surface area contributed by atoms with Gasteiger partial charge in [-0.1, -0.05) is 59.3 Å². The molecule has 2 N–H and O–H groups in total. The van der Waals surface area contributed by atoms with E-state index in [-0.39, 0.29) is 5.91 Å². The van der Waals surface area contributed by atoms with E-state index in [9.17, 15) is 4.79 Å². The van der Waals surface area contributed by atoms with Crippen LogP contribution in [0, 0.1) is 0 Å². The van der Waals surface area contributed by atoms with E-state index in [1.807, 2.05) is 0 Å². The molecule has 3 heteroatoms. The third-order valence-corrected chi connectivity index (χ3v) is 3.01. The van der Waals surface area contributed by atoms with Crippen LogP contribution >= 0.6 is 0 Å². The molecule has 0 aromatic carbocycles. The first kappa shape index (κ1) is 17.4. The van der Waals surface area contributed by atoms with Gasteiger partial charge in [-0.05, 0) is 6.42 Å². The highest BCUT2D eigenvalue weighted by molar-refractivity contribution is 5.75. The minimum atomic E-state index is 0.203. The summed E-state index contributed by atoms with van der Waals surface area (Å²) in [7, 11) is 0. The largest absolute Gasteiger partial charge is 0.355 e. The standard InChI is InChI=1S/C15H32N2O/c1-4-5-6-7-8-9-10-11-15(18)17-13-12-16-14(2)3/h14,16H,4-13H2,1-3H3,(H,17,18). The van der Waals surface area contributed by atoms with Crippen LogP contribution in [-0.2, 0) is 4.79 Å². The molecule has 0 saturated carbocycles. The van der Waals surface area contributed by atoms with Crippen molar-refractivity contribution in [2.75, 3.05) is 13.1 Å². The Labute approximate surface area is 113 Å². The molecule has 0 aromatic rings. The summed E-state index contributed by atoms with van der Waals surface area (Å²) in [5.41, 5.74) is 0. The van der Waals surface area contributed by atoms with E-state index >= 15 is 0 Å². The maximum absolute atomic E-state index is 11.5. The lowest BCUT2D eigenvalue weighted by atomic mass is 10.1. The fraction of sp³-hybridized carbons (Fsp3) is 0.933. The van der Waals surface area contributed by atoms with Crippen molar-refractivity contribution in [3.63, 3.8) is 0 Å². The molecule has 0 fully saturated rings. The molecule has 0 spiro atoms. The molecule has 0 atom stereocenters. The van der Waals surface area contributed by atoms with Gasteiger partial charge in [-0.25, -0.2) is 0 Å². The molecule has 0 bridgehead atoms. The first-order valence-electron chi connectivity index (χ1n) is 7.67. The van der Waals surface area contributed by atoms with E-state index < -0.39 is 0 Å². The Bertz CT molecular complexity index is 193. The molecular weight excluding hydrogens is 224 g/mol. The van der Waals surface area contributed by atoms with Gasteiger partial charge in [0.2, 0.25) is 5.91 Å². The molecule has 1 amide bonds. The third-order valence-electron chi connectivity index (χ3n) is 3.01. The maximum atomic E-state index is 11.5. The molecule has 0 rings (SSSR count). The molecule has 0 heterocycles. The second-order valence-electron chi connectivity index (χ2n) is 5.33. The molecule has 18 heavy (non-hydrogen) atoms. The van der Waals surface area contributed by atoms with Gasteiger partial charge in [0.1, 0.15) is 0 Å². The number of carbonyl (C=O) groups excluding carboxylic acids is 1. The second-order valence-corrected chi connectivity index (χ2v) is 5.33. The number of rotatable bonds is 12. The van der Waals surface area contributed by atoms with Crippen LogP contribution in [0.4, 0.5) is 0 Å².